The van der Waals surface area contributed by atoms with E-state index in [4.69, 9.17) is 0 Å². The maximum Gasteiger partial charge on any atom is 0.330 e. The van der Waals surface area contributed by atoms with Crippen LogP contribution in [0.25, 0.3) is 0 Å². The predicted octanol–water partition coefficient (Wildman–Crippen LogP) is 1.26. The van der Waals surface area contributed by atoms with Gasteiger partial charge in [0.05, 0.1) is 6.66 Å². The van der Waals surface area contributed by atoms with Crippen molar-refractivity contribution in [2.45, 2.75) is 0 Å². The van der Waals surface area contributed by atoms with Gasteiger partial charge in [-0.25, -0.2) is 0 Å². The van der Waals surface area contributed by atoms with E-state index in [0.29, 0.717) is 0 Å². The minimum atomic E-state index is -2.90. The first kappa shape index (κ1) is 7.15. The molecule has 0 aliphatic rings. The Balaban J connectivity index is 3.61. The van der Waals surface area contributed by atoms with E-state index in [1.165, 1.54) is 14.2 Å². The van der Waals surface area contributed by atoms with Crippen molar-refractivity contribution in [1.82, 2.24) is 0 Å². The third kappa shape index (κ3) is 2.80. The molecular formula is C3H8O3P. The van der Waals surface area contributed by atoms with E-state index in [1.807, 2.05) is 0 Å². The van der Waals surface area contributed by atoms with Crippen LogP contribution in [0.3, 0.4) is 0 Å². The molecule has 43 valence electrons. The van der Waals surface area contributed by atoms with Crippen molar-refractivity contribution in [3.8, 4) is 0 Å². The molecular weight excluding hydrogens is 115 g/mol. The SMILES string of the molecule is [CH2]P(=O)(OC)OC. The Morgan fingerprint density at radius 1 is 1.43 bits per heavy atom. The molecule has 0 saturated carbocycles. The van der Waals surface area contributed by atoms with E-state index in [1.54, 1.807) is 0 Å². The predicted molar refractivity (Wildman–Crippen MR) is 27.0 cm³/mol. The molecule has 0 N–H and O–H groups in total. The molecule has 4 heteroatoms. The van der Waals surface area contributed by atoms with Gasteiger partial charge in [-0.2, -0.15) is 0 Å². The van der Waals surface area contributed by atoms with Gasteiger partial charge in [0, 0.05) is 14.2 Å². The molecule has 0 bridgehead atoms. The average molecular weight is 123 g/mol. The van der Waals surface area contributed by atoms with E-state index in [9.17, 15) is 4.57 Å². The van der Waals surface area contributed by atoms with Crippen molar-refractivity contribution in [1.29, 1.82) is 0 Å². The van der Waals surface area contributed by atoms with Gasteiger partial charge in [0.1, 0.15) is 0 Å². The van der Waals surface area contributed by atoms with Crippen LogP contribution in [0.15, 0.2) is 0 Å². The summed E-state index contributed by atoms with van der Waals surface area (Å²) in [5.41, 5.74) is 0. The molecule has 0 amide bonds. The summed E-state index contributed by atoms with van der Waals surface area (Å²) in [5, 5.41) is 0. The summed E-state index contributed by atoms with van der Waals surface area (Å²) in [6.45, 7) is 3.12. The van der Waals surface area contributed by atoms with E-state index < -0.39 is 7.60 Å². The van der Waals surface area contributed by atoms with Crippen LogP contribution in [0.4, 0.5) is 0 Å². The fourth-order valence-corrected chi connectivity index (χ4v) is 0.224. The molecule has 0 saturated heterocycles. The van der Waals surface area contributed by atoms with Crippen LogP contribution in [0.2, 0.25) is 0 Å². The molecule has 0 aliphatic heterocycles. The molecule has 0 aromatic carbocycles. The number of hydrogen-bond acceptors (Lipinski definition) is 3. The van der Waals surface area contributed by atoms with Crippen LogP contribution in [0.1, 0.15) is 0 Å². The maximum absolute atomic E-state index is 10.4. The summed E-state index contributed by atoms with van der Waals surface area (Å²) >= 11 is 0. The second-order valence-corrected chi connectivity index (χ2v) is 2.93. The highest BCUT2D eigenvalue weighted by Gasteiger charge is 2.09. The first-order valence-corrected chi connectivity index (χ1v) is 3.41. The highest BCUT2D eigenvalue weighted by atomic mass is 31.2. The fraction of sp³-hybridized carbons (Fsp3) is 0.667. The Bertz CT molecular complexity index is 82.2. The average Bonchev–Trinajstić information content (AvgIpc) is 1.68. The Morgan fingerprint density at radius 2 is 1.71 bits per heavy atom. The lowest BCUT2D eigenvalue weighted by Crippen LogP contribution is -1.79. The summed E-state index contributed by atoms with van der Waals surface area (Å²) in [6.07, 6.45) is 0. The zero-order valence-electron chi connectivity index (χ0n) is 4.38. The molecule has 7 heavy (non-hydrogen) atoms. The van der Waals surface area contributed by atoms with Gasteiger partial charge in [-0.05, 0) is 0 Å². The summed E-state index contributed by atoms with van der Waals surface area (Å²) < 4.78 is 19.0. The Hall–Kier alpha value is 0.150. The lowest BCUT2D eigenvalue weighted by atomic mass is 11.8. The summed E-state index contributed by atoms with van der Waals surface area (Å²) in [4.78, 5) is 0. The van der Waals surface area contributed by atoms with E-state index in [0.717, 1.165) is 0 Å². The van der Waals surface area contributed by atoms with Gasteiger partial charge in [-0.1, -0.05) is 0 Å². The standard InChI is InChI=1S/C3H8O3P/c1-5-7(3,4)6-2/h3H2,1-2H3. The normalized spacial score (nSPS) is 11.9. The molecule has 3 nitrogen and oxygen atoms in total. The van der Waals surface area contributed by atoms with Gasteiger partial charge in [-0.15, -0.1) is 0 Å². The van der Waals surface area contributed by atoms with Crippen LogP contribution < -0.4 is 0 Å². The van der Waals surface area contributed by atoms with Crippen molar-refractivity contribution >= 4 is 7.60 Å². The maximum atomic E-state index is 10.4. The minimum absolute atomic E-state index is 1.29. The second-order valence-electron chi connectivity index (χ2n) is 0.976. The summed E-state index contributed by atoms with van der Waals surface area (Å²) in [5.74, 6) is 0. The van der Waals surface area contributed by atoms with Crippen LogP contribution in [0.5, 0.6) is 0 Å². The topological polar surface area (TPSA) is 35.5 Å². The van der Waals surface area contributed by atoms with Crippen molar-refractivity contribution in [3.63, 3.8) is 0 Å². The molecule has 0 atom stereocenters. The molecule has 0 aromatic heterocycles. The first-order valence-electron chi connectivity index (χ1n) is 1.68. The minimum Gasteiger partial charge on any atom is -0.312 e. The lowest BCUT2D eigenvalue weighted by Gasteiger charge is -2.03. The van der Waals surface area contributed by atoms with Crippen molar-refractivity contribution < 1.29 is 13.6 Å². The molecule has 0 spiro atoms. The third-order valence-corrected chi connectivity index (χ3v) is 1.67. The molecule has 0 fully saturated rings. The zero-order chi connectivity index (χ0) is 5.91. The van der Waals surface area contributed by atoms with Crippen LogP contribution in [-0.4, -0.2) is 14.2 Å². The molecule has 0 unspecified atom stereocenters. The Kier molecular flexibility index (Phi) is 2.51. The molecule has 0 heterocycles. The molecule has 1 radical (unpaired) electrons. The van der Waals surface area contributed by atoms with Crippen molar-refractivity contribution in [2.24, 2.45) is 0 Å². The van der Waals surface area contributed by atoms with Crippen LogP contribution in [-0.2, 0) is 13.6 Å². The van der Waals surface area contributed by atoms with Crippen LogP contribution >= 0.6 is 7.60 Å². The summed E-state index contributed by atoms with van der Waals surface area (Å²) in [7, 11) is -0.326. The van der Waals surface area contributed by atoms with E-state index >= 15 is 0 Å². The van der Waals surface area contributed by atoms with E-state index in [2.05, 4.69) is 15.7 Å². The molecule has 0 rings (SSSR count). The highest BCUT2D eigenvalue weighted by Crippen LogP contribution is 2.43. The van der Waals surface area contributed by atoms with Gasteiger partial charge in [0.15, 0.2) is 0 Å². The molecule has 0 aromatic rings. The van der Waals surface area contributed by atoms with Gasteiger partial charge >= 0.3 is 7.60 Å². The summed E-state index contributed by atoms with van der Waals surface area (Å²) in [6, 6.07) is 0. The van der Waals surface area contributed by atoms with Crippen molar-refractivity contribution in [3.05, 3.63) is 6.66 Å². The lowest BCUT2D eigenvalue weighted by molar-refractivity contribution is 0.285. The van der Waals surface area contributed by atoms with Gasteiger partial charge < -0.3 is 9.05 Å². The number of rotatable bonds is 2. The van der Waals surface area contributed by atoms with Crippen LogP contribution in [0, 0.1) is 6.66 Å². The highest BCUT2D eigenvalue weighted by molar-refractivity contribution is 7.55. The van der Waals surface area contributed by atoms with Gasteiger partial charge in [-0.3, -0.25) is 4.57 Å². The Morgan fingerprint density at radius 3 is 1.71 bits per heavy atom. The zero-order valence-corrected chi connectivity index (χ0v) is 5.27. The Labute approximate surface area is 43.2 Å². The fourth-order valence-electron chi connectivity index (χ4n) is 0.0745. The third-order valence-electron chi connectivity index (χ3n) is 0.556. The van der Waals surface area contributed by atoms with Gasteiger partial charge in [0.2, 0.25) is 0 Å². The van der Waals surface area contributed by atoms with Crippen molar-refractivity contribution in [2.75, 3.05) is 14.2 Å². The van der Waals surface area contributed by atoms with E-state index in [-0.39, 0.29) is 0 Å². The molecule has 0 aliphatic carbocycles. The first-order chi connectivity index (χ1) is 3.12. The monoisotopic (exact) mass is 123 g/mol. The quantitative estimate of drug-likeness (QED) is 0.518. The smallest absolute Gasteiger partial charge is 0.312 e. The van der Waals surface area contributed by atoms with Gasteiger partial charge in [0.25, 0.3) is 0 Å². The number of hydrogen-bond donors (Lipinski definition) is 0. The second kappa shape index (κ2) is 2.46. The largest absolute Gasteiger partial charge is 0.330 e.